The predicted molar refractivity (Wildman–Crippen MR) is 150 cm³/mol. The summed E-state index contributed by atoms with van der Waals surface area (Å²) in [6.07, 6.45) is 0. The zero-order valence-electron chi connectivity index (χ0n) is 20.4. The van der Waals surface area contributed by atoms with Gasteiger partial charge >= 0.3 is 0 Å². The van der Waals surface area contributed by atoms with Crippen molar-refractivity contribution in [2.45, 2.75) is 0 Å². The van der Waals surface area contributed by atoms with Crippen molar-refractivity contribution in [3.05, 3.63) is 78.4 Å². The Hall–Kier alpha value is -3.72. The quantitative estimate of drug-likeness (QED) is 0.272. The van der Waals surface area contributed by atoms with Gasteiger partial charge < -0.3 is 14.4 Å². The van der Waals surface area contributed by atoms with Crippen molar-refractivity contribution >= 4 is 55.9 Å². The van der Waals surface area contributed by atoms with Gasteiger partial charge in [0.15, 0.2) is 16.6 Å². The zero-order valence-corrected chi connectivity index (χ0v) is 22.0. The van der Waals surface area contributed by atoms with Gasteiger partial charge in [0.2, 0.25) is 6.79 Å². The van der Waals surface area contributed by atoms with Crippen LogP contribution in [0.15, 0.2) is 72.8 Å². The Morgan fingerprint density at radius 2 is 1.62 bits per heavy atom. The van der Waals surface area contributed by atoms with Crippen LogP contribution >= 0.6 is 23.7 Å². The molecule has 1 amide bonds. The standard InChI is InChI=1S/C28H24N4O3S.ClH/c1-31(2)12-13-32(28-30-23-15-24-25(35-17-34-24)16-26(23)36-28)27(33)20-14-22(18-8-4-3-5-9-18)29-21-11-7-6-10-19(20)21;/h3-11,14-16H,12-13,17H2,1-2H3;1H. The smallest absolute Gasteiger partial charge is 0.260 e. The molecule has 37 heavy (non-hydrogen) atoms. The Balaban J connectivity index is 0.00000280. The number of amides is 1. The number of hydrogen-bond acceptors (Lipinski definition) is 7. The van der Waals surface area contributed by atoms with Crippen LogP contribution in [0.25, 0.3) is 32.4 Å². The number of likely N-dealkylation sites (N-methyl/N-ethyl adjacent to an activating group) is 1. The van der Waals surface area contributed by atoms with Gasteiger partial charge in [-0.1, -0.05) is 59.9 Å². The van der Waals surface area contributed by atoms with E-state index in [9.17, 15) is 4.79 Å². The van der Waals surface area contributed by atoms with E-state index >= 15 is 0 Å². The van der Waals surface area contributed by atoms with Gasteiger partial charge in [0.05, 0.1) is 27.0 Å². The SMILES string of the molecule is CN(C)CCN(C(=O)c1cc(-c2ccccc2)nc2ccccc12)c1nc2cc3c(cc2s1)OCO3.Cl. The number of rotatable bonds is 6. The first kappa shape index (κ1) is 25.0. The summed E-state index contributed by atoms with van der Waals surface area (Å²) in [6.45, 7) is 1.40. The lowest BCUT2D eigenvalue weighted by molar-refractivity contribution is 0.0986. The molecule has 3 aromatic carbocycles. The monoisotopic (exact) mass is 532 g/mol. The van der Waals surface area contributed by atoms with Gasteiger partial charge in [-0.2, -0.15) is 0 Å². The third kappa shape index (κ3) is 4.83. The molecule has 7 nitrogen and oxygen atoms in total. The number of halogens is 1. The summed E-state index contributed by atoms with van der Waals surface area (Å²) in [5.74, 6) is 1.28. The fraction of sp³-hybridized carbons (Fsp3) is 0.179. The molecule has 0 bridgehead atoms. The molecule has 2 aromatic heterocycles. The summed E-state index contributed by atoms with van der Waals surface area (Å²) in [5.41, 5.74) is 3.90. The molecule has 0 radical (unpaired) electrons. The molecule has 0 aliphatic carbocycles. The topological polar surface area (TPSA) is 67.8 Å². The number of aromatic nitrogens is 2. The maximum Gasteiger partial charge on any atom is 0.260 e. The van der Waals surface area contributed by atoms with Crippen molar-refractivity contribution in [2.24, 2.45) is 0 Å². The lowest BCUT2D eigenvalue weighted by Crippen LogP contribution is -2.37. The van der Waals surface area contributed by atoms with E-state index in [1.165, 1.54) is 11.3 Å². The lowest BCUT2D eigenvalue weighted by atomic mass is 10.0. The highest BCUT2D eigenvalue weighted by molar-refractivity contribution is 7.22. The van der Waals surface area contributed by atoms with Gasteiger partial charge in [0.25, 0.3) is 5.91 Å². The van der Waals surface area contributed by atoms with E-state index in [0.717, 1.165) is 32.4 Å². The van der Waals surface area contributed by atoms with Gasteiger partial charge in [0, 0.05) is 36.2 Å². The third-order valence-electron chi connectivity index (χ3n) is 6.13. The number of pyridine rings is 1. The molecule has 1 aliphatic heterocycles. The molecule has 1 aliphatic rings. The van der Waals surface area contributed by atoms with Gasteiger partial charge in [-0.05, 0) is 26.2 Å². The fourth-order valence-electron chi connectivity index (χ4n) is 4.26. The van der Waals surface area contributed by atoms with Crippen molar-refractivity contribution < 1.29 is 14.3 Å². The van der Waals surface area contributed by atoms with E-state index in [4.69, 9.17) is 19.4 Å². The molecule has 0 N–H and O–H groups in total. The van der Waals surface area contributed by atoms with Crippen LogP contribution in [0.2, 0.25) is 0 Å². The molecular formula is C28H25ClN4O3S. The number of anilines is 1. The largest absolute Gasteiger partial charge is 0.454 e. The van der Waals surface area contributed by atoms with Crippen LogP contribution < -0.4 is 14.4 Å². The molecule has 3 heterocycles. The summed E-state index contributed by atoms with van der Waals surface area (Å²) in [5, 5.41) is 1.46. The predicted octanol–water partition coefficient (Wildman–Crippen LogP) is 5.87. The summed E-state index contributed by atoms with van der Waals surface area (Å²) in [4.78, 5) is 27.7. The first-order valence-electron chi connectivity index (χ1n) is 11.7. The van der Waals surface area contributed by atoms with Crippen molar-refractivity contribution in [2.75, 3.05) is 38.9 Å². The minimum atomic E-state index is -0.105. The number of carbonyl (C=O) groups is 1. The molecule has 5 aromatic rings. The highest BCUT2D eigenvalue weighted by atomic mass is 35.5. The molecule has 0 atom stereocenters. The Morgan fingerprint density at radius 1 is 0.892 bits per heavy atom. The second-order valence-electron chi connectivity index (χ2n) is 8.87. The van der Waals surface area contributed by atoms with E-state index in [2.05, 4.69) is 4.90 Å². The van der Waals surface area contributed by atoms with E-state index < -0.39 is 0 Å². The number of para-hydroxylation sites is 1. The molecular weight excluding hydrogens is 508 g/mol. The van der Waals surface area contributed by atoms with E-state index in [0.29, 0.717) is 35.3 Å². The molecule has 0 unspecified atom stereocenters. The Labute approximate surface area is 224 Å². The van der Waals surface area contributed by atoms with Crippen molar-refractivity contribution in [1.29, 1.82) is 0 Å². The number of nitrogens with zero attached hydrogens (tertiary/aromatic N) is 4. The van der Waals surface area contributed by atoms with Crippen LogP contribution in [0.4, 0.5) is 5.13 Å². The van der Waals surface area contributed by atoms with Crippen LogP contribution in [0.3, 0.4) is 0 Å². The molecule has 9 heteroatoms. The maximum atomic E-state index is 14.2. The second kappa shape index (κ2) is 10.3. The Morgan fingerprint density at radius 3 is 2.41 bits per heavy atom. The summed E-state index contributed by atoms with van der Waals surface area (Å²) >= 11 is 1.48. The Bertz CT molecular complexity index is 1550. The summed E-state index contributed by atoms with van der Waals surface area (Å²) in [7, 11) is 3.99. The van der Waals surface area contributed by atoms with Crippen LogP contribution in [0, 0.1) is 0 Å². The second-order valence-corrected chi connectivity index (χ2v) is 9.88. The van der Waals surface area contributed by atoms with Crippen LogP contribution in [0.5, 0.6) is 11.5 Å². The molecule has 0 fully saturated rings. The van der Waals surface area contributed by atoms with E-state index in [1.807, 2.05) is 86.9 Å². The maximum absolute atomic E-state index is 14.2. The van der Waals surface area contributed by atoms with E-state index in [-0.39, 0.29) is 25.1 Å². The summed E-state index contributed by atoms with van der Waals surface area (Å²) < 4.78 is 12.0. The normalized spacial score (nSPS) is 12.2. The third-order valence-corrected chi connectivity index (χ3v) is 7.18. The average Bonchev–Trinajstić information content (AvgIpc) is 3.52. The van der Waals surface area contributed by atoms with Crippen LogP contribution in [-0.4, -0.2) is 54.8 Å². The first-order valence-corrected chi connectivity index (χ1v) is 12.5. The van der Waals surface area contributed by atoms with Gasteiger partial charge in [-0.25, -0.2) is 9.97 Å². The Kier molecular flexibility index (Phi) is 6.97. The van der Waals surface area contributed by atoms with Crippen LogP contribution in [0.1, 0.15) is 10.4 Å². The average molecular weight is 533 g/mol. The molecule has 0 spiro atoms. The van der Waals surface area contributed by atoms with Crippen molar-refractivity contribution in [1.82, 2.24) is 14.9 Å². The van der Waals surface area contributed by atoms with Gasteiger partial charge in [-0.3, -0.25) is 9.69 Å². The fourth-order valence-corrected chi connectivity index (χ4v) is 5.26. The van der Waals surface area contributed by atoms with Crippen LogP contribution in [-0.2, 0) is 0 Å². The lowest BCUT2D eigenvalue weighted by Gasteiger charge is -2.23. The number of benzene rings is 3. The van der Waals surface area contributed by atoms with Crippen molar-refractivity contribution in [3.63, 3.8) is 0 Å². The molecule has 0 saturated heterocycles. The first-order chi connectivity index (χ1) is 17.6. The minimum Gasteiger partial charge on any atom is -0.454 e. The number of carbonyl (C=O) groups excluding carboxylic acids is 1. The number of fused-ring (bicyclic) bond motifs is 3. The number of hydrogen-bond donors (Lipinski definition) is 0. The summed E-state index contributed by atoms with van der Waals surface area (Å²) in [6, 6.07) is 23.4. The van der Waals surface area contributed by atoms with Gasteiger partial charge in [0.1, 0.15) is 0 Å². The highest BCUT2D eigenvalue weighted by Crippen LogP contribution is 2.40. The highest BCUT2D eigenvalue weighted by Gasteiger charge is 2.25. The molecule has 188 valence electrons. The number of thiazole rings is 1. The number of ether oxygens (including phenoxy) is 2. The van der Waals surface area contributed by atoms with E-state index in [1.54, 1.807) is 4.90 Å². The molecule has 0 saturated carbocycles. The minimum absolute atomic E-state index is 0. The van der Waals surface area contributed by atoms with Crippen molar-refractivity contribution in [3.8, 4) is 22.8 Å². The molecule has 6 rings (SSSR count). The van der Waals surface area contributed by atoms with Gasteiger partial charge in [-0.15, -0.1) is 12.4 Å². The zero-order chi connectivity index (χ0) is 24.6.